The maximum absolute atomic E-state index is 12.6. The zero-order chi connectivity index (χ0) is 20.5. The normalized spacial score (nSPS) is 14.8. The molecule has 0 spiro atoms. The van der Waals surface area contributed by atoms with E-state index < -0.39 is 17.7 Å². The maximum atomic E-state index is 12.6. The standard InChI is InChI=1S/C23H28O5/c1-14-8-10-17(24)20(16-9-11-18-15(13-16)7-6-12-27-18)19(14)21(22(25)26-5)28-23(2,3)4/h8-11,13,21,24H,6-7,12H2,1-5H3. The van der Waals surface area contributed by atoms with Gasteiger partial charge in [-0.15, -0.1) is 0 Å². The van der Waals surface area contributed by atoms with Gasteiger partial charge in [0.2, 0.25) is 0 Å². The molecule has 0 bridgehead atoms. The number of benzene rings is 2. The molecule has 1 N–H and O–H groups in total. The van der Waals surface area contributed by atoms with E-state index in [-0.39, 0.29) is 5.75 Å². The fourth-order valence-corrected chi connectivity index (χ4v) is 3.55. The summed E-state index contributed by atoms with van der Waals surface area (Å²) in [5.41, 5.74) is 3.42. The molecule has 0 fully saturated rings. The molecular weight excluding hydrogens is 356 g/mol. The number of phenolic OH excluding ortho intramolecular Hbond substituents is 1. The van der Waals surface area contributed by atoms with Crippen LogP contribution >= 0.6 is 0 Å². The van der Waals surface area contributed by atoms with E-state index in [9.17, 15) is 9.90 Å². The number of methoxy groups -OCH3 is 1. The number of hydrogen-bond donors (Lipinski definition) is 1. The first-order valence-electron chi connectivity index (χ1n) is 9.55. The third-order valence-corrected chi connectivity index (χ3v) is 4.79. The molecule has 0 aromatic heterocycles. The molecule has 0 amide bonds. The van der Waals surface area contributed by atoms with E-state index in [4.69, 9.17) is 14.2 Å². The monoisotopic (exact) mass is 384 g/mol. The van der Waals surface area contributed by atoms with Crippen LogP contribution in [0.1, 0.15) is 50.0 Å². The van der Waals surface area contributed by atoms with Gasteiger partial charge < -0.3 is 19.3 Å². The second-order valence-corrected chi connectivity index (χ2v) is 8.10. The number of aryl methyl sites for hydroxylation is 2. The summed E-state index contributed by atoms with van der Waals surface area (Å²) < 4.78 is 16.8. The van der Waals surface area contributed by atoms with E-state index in [1.807, 2.05) is 45.9 Å². The van der Waals surface area contributed by atoms with Crippen molar-refractivity contribution >= 4 is 5.97 Å². The Labute approximate surface area is 166 Å². The summed E-state index contributed by atoms with van der Waals surface area (Å²) in [6, 6.07) is 9.30. The highest BCUT2D eigenvalue weighted by atomic mass is 16.6. The van der Waals surface area contributed by atoms with Crippen molar-refractivity contribution in [2.45, 2.75) is 52.2 Å². The minimum Gasteiger partial charge on any atom is -0.507 e. The highest BCUT2D eigenvalue weighted by Gasteiger charge is 2.32. The van der Waals surface area contributed by atoms with Gasteiger partial charge in [0, 0.05) is 11.1 Å². The summed E-state index contributed by atoms with van der Waals surface area (Å²) >= 11 is 0. The largest absolute Gasteiger partial charge is 0.507 e. The van der Waals surface area contributed by atoms with Crippen LogP contribution in [0.2, 0.25) is 0 Å². The van der Waals surface area contributed by atoms with Crippen LogP contribution in [-0.4, -0.2) is 30.4 Å². The summed E-state index contributed by atoms with van der Waals surface area (Å²) in [6.45, 7) is 8.28. The van der Waals surface area contributed by atoms with E-state index >= 15 is 0 Å². The molecule has 2 aromatic carbocycles. The van der Waals surface area contributed by atoms with Gasteiger partial charge in [-0.1, -0.05) is 12.1 Å². The molecule has 1 unspecified atom stereocenters. The quantitative estimate of drug-likeness (QED) is 0.773. The van der Waals surface area contributed by atoms with Gasteiger partial charge in [0.15, 0.2) is 6.10 Å². The molecule has 1 aliphatic rings. The van der Waals surface area contributed by atoms with Crippen LogP contribution in [0.4, 0.5) is 0 Å². The van der Waals surface area contributed by atoms with Gasteiger partial charge >= 0.3 is 5.97 Å². The fraction of sp³-hybridized carbons (Fsp3) is 0.435. The number of fused-ring (bicyclic) bond motifs is 1. The Kier molecular flexibility index (Phi) is 5.66. The Morgan fingerprint density at radius 3 is 2.64 bits per heavy atom. The van der Waals surface area contributed by atoms with Crippen molar-refractivity contribution in [2.75, 3.05) is 13.7 Å². The minimum absolute atomic E-state index is 0.101. The molecule has 3 rings (SSSR count). The molecule has 28 heavy (non-hydrogen) atoms. The van der Waals surface area contributed by atoms with E-state index in [0.717, 1.165) is 41.9 Å². The van der Waals surface area contributed by atoms with Gasteiger partial charge in [-0.25, -0.2) is 4.79 Å². The van der Waals surface area contributed by atoms with E-state index in [1.54, 1.807) is 12.1 Å². The van der Waals surface area contributed by atoms with Crippen molar-refractivity contribution in [3.8, 4) is 22.6 Å². The number of ether oxygens (including phenoxy) is 3. The molecule has 1 atom stereocenters. The number of carbonyl (C=O) groups is 1. The minimum atomic E-state index is -0.945. The van der Waals surface area contributed by atoms with E-state index in [0.29, 0.717) is 11.1 Å². The van der Waals surface area contributed by atoms with Crippen LogP contribution in [-0.2, 0) is 20.7 Å². The number of esters is 1. The lowest BCUT2D eigenvalue weighted by Gasteiger charge is -2.29. The Morgan fingerprint density at radius 1 is 1.21 bits per heavy atom. The molecule has 0 saturated heterocycles. The van der Waals surface area contributed by atoms with E-state index in [1.165, 1.54) is 7.11 Å². The number of phenols is 1. The predicted molar refractivity (Wildman–Crippen MR) is 108 cm³/mol. The van der Waals surface area contributed by atoms with Crippen molar-refractivity contribution in [2.24, 2.45) is 0 Å². The lowest BCUT2D eigenvalue weighted by atomic mass is 9.89. The van der Waals surface area contributed by atoms with Gasteiger partial charge in [0.25, 0.3) is 0 Å². The van der Waals surface area contributed by atoms with Crippen molar-refractivity contribution in [1.29, 1.82) is 0 Å². The maximum Gasteiger partial charge on any atom is 0.339 e. The highest BCUT2D eigenvalue weighted by molar-refractivity contribution is 5.85. The zero-order valence-electron chi connectivity index (χ0n) is 17.2. The molecule has 1 aliphatic heterocycles. The van der Waals surface area contributed by atoms with Gasteiger partial charge in [0.05, 0.1) is 19.3 Å². The lowest BCUT2D eigenvalue weighted by molar-refractivity contribution is -0.164. The first kappa shape index (κ1) is 20.2. The molecule has 2 aromatic rings. The predicted octanol–water partition coefficient (Wildman–Crippen LogP) is 4.72. The average molecular weight is 384 g/mol. The summed E-state index contributed by atoms with van der Waals surface area (Å²) in [6.07, 6.45) is 0.935. The average Bonchev–Trinajstić information content (AvgIpc) is 2.66. The molecule has 5 nitrogen and oxygen atoms in total. The van der Waals surface area contributed by atoms with Crippen LogP contribution in [0.5, 0.6) is 11.5 Å². The Balaban J connectivity index is 2.19. The second-order valence-electron chi connectivity index (χ2n) is 8.10. The SMILES string of the molecule is COC(=O)C(OC(C)(C)C)c1c(C)ccc(O)c1-c1ccc2c(c1)CCCO2. The topological polar surface area (TPSA) is 65.0 Å². The van der Waals surface area contributed by atoms with Gasteiger partial charge in [-0.05, 0) is 75.4 Å². The van der Waals surface area contributed by atoms with Crippen molar-refractivity contribution in [3.05, 3.63) is 47.0 Å². The van der Waals surface area contributed by atoms with Gasteiger partial charge in [-0.3, -0.25) is 0 Å². The molecule has 0 radical (unpaired) electrons. The van der Waals surface area contributed by atoms with Crippen LogP contribution in [0.3, 0.4) is 0 Å². The van der Waals surface area contributed by atoms with Crippen molar-refractivity contribution in [1.82, 2.24) is 0 Å². The van der Waals surface area contributed by atoms with Gasteiger partial charge in [-0.2, -0.15) is 0 Å². The van der Waals surface area contributed by atoms with Crippen LogP contribution in [0, 0.1) is 6.92 Å². The molecule has 5 heteroatoms. The molecular formula is C23H28O5. The number of carbonyl (C=O) groups excluding carboxylic acids is 1. The molecule has 0 saturated carbocycles. The number of hydrogen-bond acceptors (Lipinski definition) is 5. The van der Waals surface area contributed by atoms with Gasteiger partial charge in [0.1, 0.15) is 11.5 Å². The van der Waals surface area contributed by atoms with Crippen LogP contribution in [0.15, 0.2) is 30.3 Å². The summed E-state index contributed by atoms with van der Waals surface area (Å²) in [4.78, 5) is 12.6. The first-order chi connectivity index (χ1) is 13.2. The fourth-order valence-electron chi connectivity index (χ4n) is 3.55. The first-order valence-corrected chi connectivity index (χ1v) is 9.55. The van der Waals surface area contributed by atoms with E-state index in [2.05, 4.69) is 0 Å². The summed E-state index contributed by atoms with van der Waals surface area (Å²) in [5, 5.41) is 10.7. The highest BCUT2D eigenvalue weighted by Crippen LogP contribution is 2.42. The van der Waals surface area contributed by atoms with Crippen molar-refractivity contribution < 1.29 is 24.1 Å². The lowest BCUT2D eigenvalue weighted by Crippen LogP contribution is -2.29. The summed E-state index contributed by atoms with van der Waals surface area (Å²) in [7, 11) is 1.34. The Hall–Kier alpha value is -2.53. The molecule has 0 aliphatic carbocycles. The summed E-state index contributed by atoms with van der Waals surface area (Å²) in [5.74, 6) is 0.481. The Morgan fingerprint density at radius 2 is 1.96 bits per heavy atom. The third kappa shape index (κ3) is 4.14. The second kappa shape index (κ2) is 7.84. The van der Waals surface area contributed by atoms with Crippen LogP contribution < -0.4 is 4.74 Å². The molecule has 150 valence electrons. The third-order valence-electron chi connectivity index (χ3n) is 4.79. The smallest absolute Gasteiger partial charge is 0.339 e. The zero-order valence-corrected chi connectivity index (χ0v) is 17.2. The number of aromatic hydroxyl groups is 1. The number of rotatable bonds is 4. The molecule has 1 heterocycles. The Bertz CT molecular complexity index is 879. The van der Waals surface area contributed by atoms with Crippen LogP contribution in [0.25, 0.3) is 11.1 Å². The van der Waals surface area contributed by atoms with Crippen molar-refractivity contribution in [3.63, 3.8) is 0 Å².